The minimum Gasteiger partial charge on any atom is -0.311 e. The minimum atomic E-state index is 0.254. The Kier molecular flexibility index (Phi) is 4.31. The van der Waals surface area contributed by atoms with E-state index in [1.807, 2.05) is 17.5 Å². The van der Waals surface area contributed by atoms with Crippen LogP contribution in [0.2, 0.25) is 0 Å². The molecule has 0 saturated carbocycles. The van der Waals surface area contributed by atoms with E-state index in [1.165, 1.54) is 11.3 Å². The molecule has 0 aromatic carbocycles. The van der Waals surface area contributed by atoms with Gasteiger partial charge in [0.25, 0.3) is 0 Å². The predicted octanol–water partition coefficient (Wildman–Crippen LogP) is 1.86. The van der Waals surface area contributed by atoms with Crippen molar-refractivity contribution >= 4 is 17.1 Å². The molecule has 4 heteroatoms. The summed E-state index contributed by atoms with van der Waals surface area (Å²) >= 11 is 1.53. The lowest BCUT2D eigenvalue weighted by Crippen LogP contribution is -2.53. The van der Waals surface area contributed by atoms with Gasteiger partial charge in [-0.25, -0.2) is 0 Å². The number of Topliss-reactive ketones (excluding diaryl/α,β-unsaturated/α-hetero) is 1. The van der Waals surface area contributed by atoms with Crippen LogP contribution in [0.25, 0.3) is 0 Å². The van der Waals surface area contributed by atoms with E-state index in [0.29, 0.717) is 18.5 Å². The van der Waals surface area contributed by atoms with Crippen molar-refractivity contribution in [3.8, 4) is 0 Å². The Balaban J connectivity index is 1.89. The molecule has 0 spiro atoms. The Bertz CT molecular complexity index is 362. The third-order valence-electron chi connectivity index (χ3n) is 3.26. The largest absolute Gasteiger partial charge is 0.311 e. The molecular formula is C13H20N2OS. The number of hydrogen-bond acceptors (Lipinski definition) is 4. The average molecular weight is 252 g/mol. The number of carbonyl (C=O) groups is 1. The fourth-order valence-corrected chi connectivity index (χ4v) is 2.81. The summed E-state index contributed by atoms with van der Waals surface area (Å²) in [7, 11) is 0. The molecule has 2 rings (SSSR count). The molecule has 1 aliphatic heterocycles. The first-order valence-electron chi connectivity index (χ1n) is 6.19. The highest BCUT2D eigenvalue weighted by Crippen LogP contribution is 2.12. The topological polar surface area (TPSA) is 32.3 Å². The molecule has 1 aromatic rings. The number of carbonyl (C=O) groups excluding carboxylic acids is 1. The second-order valence-corrected chi connectivity index (χ2v) is 5.89. The van der Waals surface area contributed by atoms with Crippen molar-refractivity contribution in [1.29, 1.82) is 0 Å². The summed E-state index contributed by atoms with van der Waals surface area (Å²) in [6, 6.07) is 4.36. The SMILES string of the molecule is CC(C)C1CN(CC(=O)c2cccs2)CCN1. The van der Waals surface area contributed by atoms with Crippen LogP contribution in [-0.2, 0) is 0 Å². The molecule has 1 N–H and O–H groups in total. The Morgan fingerprint density at radius 3 is 3.12 bits per heavy atom. The molecule has 17 heavy (non-hydrogen) atoms. The summed E-state index contributed by atoms with van der Waals surface area (Å²) in [4.78, 5) is 15.1. The Morgan fingerprint density at radius 1 is 1.65 bits per heavy atom. The standard InChI is InChI=1S/C13H20N2OS/c1-10(2)11-8-15(6-5-14-11)9-12(16)13-4-3-7-17-13/h3-4,7,10-11,14H,5-6,8-9H2,1-2H3. The average Bonchev–Trinajstić information content (AvgIpc) is 2.82. The summed E-state index contributed by atoms with van der Waals surface area (Å²) in [6.07, 6.45) is 0. The lowest BCUT2D eigenvalue weighted by molar-refractivity contribution is 0.0896. The summed E-state index contributed by atoms with van der Waals surface area (Å²) in [5, 5.41) is 5.47. The molecule has 0 amide bonds. The van der Waals surface area contributed by atoms with Crippen LogP contribution in [0.3, 0.4) is 0 Å². The number of ketones is 1. The first kappa shape index (κ1) is 12.7. The number of rotatable bonds is 4. The van der Waals surface area contributed by atoms with E-state index in [0.717, 1.165) is 24.5 Å². The van der Waals surface area contributed by atoms with Crippen LogP contribution in [0.4, 0.5) is 0 Å². The molecule has 94 valence electrons. The van der Waals surface area contributed by atoms with E-state index in [4.69, 9.17) is 0 Å². The van der Waals surface area contributed by atoms with Crippen LogP contribution in [0.5, 0.6) is 0 Å². The van der Waals surface area contributed by atoms with Crippen molar-refractivity contribution in [3.05, 3.63) is 22.4 Å². The van der Waals surface area contributed by atoms with Gasteiger partial charge >= 0.3 is 0 Å². The Morgan fingerprint density at radius 2 is 2.47 bits per heavy atom. The number of nitrogens with zero attached hydrogens (tertiary/aromatic N) is 1. The van der Waals surface area contributed by atoms with Gasteiger partial charge in [0.2, 0.25) is 0 Å². The highest BCUT2D eigenvalue weighted by molar-refractivity contribution is 7.12. The van der Waals surface area contributed by atoms with Gasteiger partial charge in [0.15, 0.2) is 5.78 Å². The van der Waals surface area contributed by atoms with Gasteiger partial charge in [-0.2, -0.15) is 0 Å². The van der Waals surface area contributed by atoms with Crippen LogP contribution in [0.15, 0.2) is 17.5 Å². The predicted molar refractivity (Wildman–Crippen MR) is 71.7 cm³/mol. The van der Waals surface area contributed by atoms with E-state index >= 15 is 0 Å². The summed E-state index contributed by atoms with van der Waals surface area (Å²) in [5.74, 6) is 0.874. The fraction of sp³-hybridized carbons (Fsp3) is 0.615. The molecule has 3 nitrogen and oxygen atoms in total. The smallest absolute Gasteiger partial charge is 0.186 e. The number of hydrogen-bond donors (Lipinski definition) is 1. The maximum absolute atomic E-state index is 12.0. The van der Waals surface area contributed by atoms with Crippen molar-refractivity contribution in [2.75, 3.05) is 26.2 Å². The quantitative estimate of drug-likeness (QED) is 0.830. The monoisotopic (exact) mass is 252 g/mol. The van der Waals surface area contributed by atoms with Crippen LogP contribution in [-0.4, -0.2) is 42.9 Å². The molecule has 1 fully saturated rings. The van der Waals surface area contributed by atoms with E-state index in [1.54, 1.807) is 0 Å². The van der Waals surface area contributed by atoms with Crippen LogP contribution < -0.4 is 5.32 Å². The maximum Gasteiger partial charge on any atom is 0.186 e. The molecular weight excluding hydrogens is 232 g/mol. The molecule has 1 aliphatic rings. The molecule has 0 bridgehead atoms. The van der Waals surface area contributed by atoms with Gasteiger partial charge in [-0.05, 0) is 17.4 Å². The second kappa shape index (κ2) is 5.76. The van der Waals surface area contributed by atoms with E-state index in [9.17, 15) is 4.79 Å². The van der Waals surface area contributed by atoms with Gasteiger partial charge in [-0.15, -0.1) is 11.3 Å². The Hall–Kier alpha value is -0.710. The highest BCUT2D eigenvalue weighted by atomic mass is 32.1. The normalized spacial score (nSPS) is 21.9. The molecule has 2 heterocycles. The first-order valence-corrected chi connectivity index (χ1v) is 7.07. The summed E-state index contributed by atoms with van der Waals surface area (Å²) < 4.78 is 0. The van der Waals surface area contributed by atoms with Gasteiger partial charge in [0.1, 0.15) is 0 Å². The number of thiophene rings is 1. The van der Waals surface area contributed by atoms with Gasteiger partial charge in [-0.3, -0.25) is 9.69 Å². The zero-order valence-electron chi connectivity index (χ0n) is 10.5. The summed E-state index contributed by atoms with van der Waals surface area (Å²) in [5.41, 5.74) is 0. The van der Waals surface area contributed by atoms with Crippen LogP contribution >= 0.6 is 11.3 Å². The van der Waals surface area contributed by atoms with Gasteiger partial charge in [0, 0.05) is 25.7 Å². The number of nitrogens with one attached hydrogen (secondary N) is 1. The molecule has 1 aromatic heterocycles. The van der Waals surface area contributed by atoms with Gasteiger partial charge in [-0.1, -0.05) is 19.9 Å². The third-order valence-corrected chi connectivity index (χ3v) is 4.17. The van der Waals surface area contributed by atoms with Crippen molar-refractivity contribution in [2.24, 2.45) is 5.92 Å². The van der Waals surface area contributed by atoms with E-state index in [2.05, 4.69) is 24.1 Å². The fourth-order valence-electron chi connectivity index (χ4n) is 2.15. The zero-order chi connectivity index (χ0) is 12.3. The highest BCUT2D eigenvalue weighted by Gasteiger charge is 2.23. The van der Waals surface area contributed by atoms with Crippen LogP contribution in [0.1, 0.15) is 23.5 Å². The summed E-state index contributed by atoms with van der Waals surface area (Å²) in [6.45, 7) is 7.95. The molecule has 0 radical (unpaired) electrons. The molecule has 1 saturated heterocycles. The zero-order valence-corrected chi connectivity index (χ0v) is 11.3. The lowest BCUT2D eigenvalue weighted by atomic mass is 10.0. The van der Waals surface area contributed by atoms with Gasteiger partial charge in [0.05, 0.1) is 11.4 Å². The van der Waals surface area contributed by atoms with Crippen molar-refractivity contribution in [2.45, 2.75) is 19.9 Å². The first-order chi connectivity index (χ1) is 8.16. The third kappa shape index (κ3) is 3.37. The second-order valence-electron chi connectivity index (χ2n) is 4.94. The van der Waals surface area contributed by atoms with Crippen molar-refractivity contribution < 1.29 is 4.79 Å². The van der Waals surface area contributed by atoms with E-state index in [-0.39, 0.29) is 5.78 Å². The lowest BCUT2D eigenvalue weighted by Gasteiger charge is -2.35. The molecule has 0 aliphatic carbocycles. The molecule has 1 atom stereocenters. The van der Waals surface area contributed by atoms with E-state index < -0.39 is 0 Å². The Labute approximate surface area is 107 Å². The minimum absolute atomic E-state index is 0.254. The van der Waals surface area contributed by atoms with Crippen molar-refractivity contribution in [3.63, 3.8) is 0 Å². The molecule has 1 unspecified atom stereocenters. The maximum atomic E-state index is 12.0. The number of piperazine rings is 1. The van der Waals surface area contributed by atoms with Gasteiger partial charge < -0.3 is 5.32 Å². The van der Waals surface area contributed by atoms with Crippen LogP contribution in [0, 0.1) is 5.92 Å². The van der Waals surface area contributed by atoms with Crippen molar-refractivity contribution in [1.82, 2.24) is 10.2 Å².